The lowest BCUT2D eigenvalue weighted by Gasteiger charge is -2.15. The van der Waals surface area contributed by atoms with Crippen molar-refractivity contribution in [1.29, 1.82) is 0 Å². The average molecular weight is 413 g/mol. The number of benzene rings is 2. The van der Waals surface area contributed by atoms with Crippen LogP contribution in [-0.4, -0.2) is 26.4 Å². The number of fused-ring (bicyclic) bond motifs is 2. The van der Waals surface area contributed by atoms with Gasteiger partial charge in [-0.25, -0.2) is 17.8 Å². The second-order valence-corrected chi connectivity index (χ2v) is 8.20. The smallest absolute Gasteiger partial charge is 0.263 e. The number of nitrogens with zero attached hydrogens (tertiary/aromatic N) is 2. The van der Waals surface area contributed by atoms with Crippen LogP contribution in [0.5, 0.6) is 11.5 Å². The third-order valence-corrected chi connectivity index (χ3v) is 5.88. The number of aromatic nitrogens is 1. The van der Waals surface area contributed by atoms with E-state index >= 15 is 0 Å². The van der Waals surface area contributed by atoms with Crippen LogP contribution in [0.4, 0.5) is 15.9 Å². The van der Waals surface area contributed by atoms with Crippen molar-refractivity contribution in [2.45, 2.75) is 11.8 Å². The van der Waals surface area contributed by atoms with E-state index in [1.807, 2.05) is 0 Å². The SMILES string of the molecule is Cc1cc(F)ccc1NS(=O)(=O)c1ccc2c(c1)C(=O)N(C)c1ncccc1O2. The van der Waals surface area contributed by atoms with Gasteiger partial charge in [0, 0.05) is 13.2 Å². The number of anilines is 2. The van der Waals surface area contributed by atoms with Crippen LogP contribution in [0.15, 0.2) is 59.6 Å². The number of hydrogen-bond donors (Lipinski definition) is 1. The summed E-state index contributed by atoms with van der Waals surface area (Å²) >= 11 is 0. The summed E-state index contributed by atoms with van der Waals surface area (Å²) in [6.45, 7) is 1.59. The van der Waals surface area contributed by atoms with Crippen LogP contribution >= 0.6 is 0 Å². The molecule has 29 heavy (non-hydrogen) atoms. The maximum Gasteiger partial charge on any atom is 0.263 e. The molecule has 0 fully saturated rings. The summed E-state index contributed by atoms with van der Waals surface area (Å²) < 4.78 is 47.2. The van der Waals surface area contributed by atoms with Gasteiger partial charge in [-0.05, 0) is 61.0 Å². The number of carbonyl (C=O) groups excluding carboxylic acids is 1. The van der Waals surface area contributed by atoms with Crippen LogP contribution in [0.3, 0.4) is 0 Å². The van der Waals surface area contributed by atoms with E-state index in [2.05, 4.69) is 9.71 Å². The van der Waals surface area contributed by atoms with Crippen LogP contribution in [0.1, 0.15) is 15.9 Å². The monoisotopic (exact) mass is 413 g/mol. The average Bonchev–Trinajstić information content (AvgIpc) is 2.79. The summed E-state index contributed by atoms with van der Waals surface area (Å²) in [6.07, 6.45) is 1.53. The van der Waals surface area contributed by atoms with Crippen LogP contribution in [0.25, 0.3) is 0 Å². The van der Waals surface area contributed by atoms with Gasteiger partial charge in [-0.1, -0.05) is 0 Å². The molecule has 0 unspecified atom stereocenters. The Morgan fingerprint density at radius 3 is 2.66 bits per heavy atom. The van der Waals surface area contributed by atoms with E-state index in [9.17, 15) is 17.6 Å². The predicted octanol–water partition coefficient (Wildman–Crippen LogP) is 3.71. The Morgan fingerprint density at radius 1 is 1.10 bits per heavy atom. The molecule has 2 aromatic carbocycles. The maximum absolute atomic E-state index is 13.3. The van der Waals surface area contributed by atoms with Crippen LogP contribution in [0.2, 0.25) is 0 Å². The summed E-state index contributed by atoms with van der Waals surface area (Å²) in [6, 6.07) is 11.1. The molecule has 1 aliphatic heterocycles. The van der Waals surface area contributed by atoms with Gasteiger partial charge in [0.1, 0.15) is 11.6 Å². The zero-order chi connectivity index (χ0) is 20.8. The van der Waals surface area contributed by atoms with E-state index in [4.69, 9.17) is 4.74 Å². The number of sulfonamides is 1. The standard InChI is InChI=1S/C20H16FN3O4S/c1-12-10-13(21)5-7-16(12)23-29(26,27)14-6-8-17-15(11-14)20(25)24(2)19-18(28-17)4-3-9-22-19/h3-11,23H,1-2H3. The van der Waals surface area contributed by atoms with Gasteiger partial charge in [-0.15, -0.1) is 0 Å². The molecule has 1 aliphatic rings. The summed E-state index contributed by atoms with van der Waals surface area (Å²) in [5, 5.41) is 0. The Labute approximate surface area is 166 Å². The lowest BCUT2D eigenvalue weighted by Crippen LogP contribution is -2.26. The summed E-state index contributed by atoms with van der Waals surface area (Å²) in [7, 11) is -2.48. The Balaban J connectivity index is 1.74. The highest BCUT2D eigenvalue weighted by Crippen LogP contribution is 2.37. The number of carbonyl (C=O) groups is 1. The fraction of sp³-hybridized carbons (Fsp3) is 0.100. The number of hydrogen-bond acceptors (Lipinski definition) is 5. The third kappa shape index (κ3) is 3.40. The van der Waals surface area contributed by atoms with Crippen LogP contribution < -0.4 is 14.4 Å². The highest BCUT2D eigenvalue weighted by molar-refractivity contribution is 7.92. The highest BCUT2D eigenvalue weighted by atomic mass is 32.2. The van der Waals surface area contributed by atoms with Crippen LogP contribution in [0, 0.1) is 12.7 Å². The van der Waals surface area contributed by atoms with Gasteiger partial charge in [0.25, 0.3) is 15.9 Å². The number of aryl methyl sites for hydroxylation is 1. The van der Waals surface area contributed by atoms with Crippen molar-refractivity contribution >= 4 is 27.4 Å². The van der Waals surface area contributed by atoms with Gasteiger partial charge < -0.3 is 4.74 Å². The largest absolute Gasteiger partial charge is 0.453 e. The molecule has 0 aliphatic carbocycles. The first-order valence-electron chi connectivity index (χ1n) is 8.60. The maximum atomic E-state index is 13.3. The molecule has 0 saturated carbocycles. The van der Waals surface area contributed by atoms with Gasteiger partial charge in [-0.3, -0.25) is 14.4 Å². The zero-order valence-corrected chi connectivity index (χ0v) is 16.3. The molecule has 7 nitrogen and oxygen atoms in total. The highest BCUT2D eigenvalue weighted by Gasteiger charge is 2.28. The van der Waals surface area contributed by atoms with E-state index in [0.29, 0.717) is 17.1 Å². The molecular weight excluding hydrogens is 397 g/mol. The minimum atomic E-state index is -4.02. The fourth-order valence-electron chi connectivity index (χ4n) is 2.99. The molecular formula is C20H16FN3O4S. The van der Waals surface area contributed by atoms with Crippen molar-refractivity contribution in [3.63, 3.8) is 0 Å². The van der Waals surface area contributed by atoms with E-state index in [-0.39, 0.29) is 21.9 Å². The van der Waals surface area contributed by atoms with Crippen molar-refractivity contribution in [3.05, 3.63) is 71.7 Å². The van der Waals surface area contributed by atoms with Crippen LogP contribution in [-0.2, 0) is 10.0 Å². The topological polar surface area (TPSA) is 88.6 Å². The molecule has 0 radical (unpaired) electrons. The van der Waals surface area contributed by atoms with Gasteiger partial charge in [0.2, 0.25) is 0 Å². The molecule has 4 rings (SSSR count). The van der Waals surface area contributed by atoms with Gasteiger partial charge >= 0.3 is 0 Å². The number of pyridine rings is 1. The van der Waals surface area contributed by atoms with Crippen molar-refractivity contribution in [3.8, 4) is 11.5 Å². The first kappa shape index (κ1) is 18.9. The third-order valence-electron chi connectivity index (χ3n) is 4.52. The predicted molar refractivity (Wildman–Crippen MR) is 105 cm³/mol. The number of rotatable bonds is 3. The van der Waals surface area contributed by atoms with E-state index in [0.717, 1.165) is 0 Å². The lowest BCUT2D eigenvalue weighted by atomic mass is 10.2. The molecule has 2 heterocycles. The quantitative estimate of drug-likeness (QED) is 0.707. The van der Waals surface area contributed by atoms with Gasteiger partial charge in [0.15, 0.2) is 11.6 Å². The zero-order valence-electron chi connectivity index (χ0n) is 15.5. The Bertz CT molecular complexity index is 1240. The molecule has 0 bridgehead atoms. The number of nitrogens with one attached hydrogen (secondary N) is 1. The number of amides is 1. The van der Waals surface area contributed by atoms with Gasteiger partial charge in [0.05, 0.1) is 16.1 Å². The molecule has 3 aromatic rings. The fourth-order valence-corrected chi connectivity index (χ4v) is 4.14. The van der Waals surface area contributed by atoms with E-state index < -0.39 is 21.7 Å². The van der Waals surface area contributed by atoms with Crippen molar-refractivity contribution in [2.75, 3.05) is 16.7 Å². The number of halogens is 1. The first-order chi connectivity index (χ1) is 13.8. The first-order valence-corrected chi connectivity index (χ1v) is 10.1. The molecule has 0 saturated heterocycles. The minimum absolute atomic E-state index is 0.0872. The second kappa shape index (κ2) is 6.85. The lowest BCUT2D eigenvalue weighted by molar-refractivity contribution is 0.0992. The van der Waals surface area contributed by atoms with Crippen molar-refractivity contribution in [2.24, 2.45) is 0 Å². The Hall–Kier alpha value is -3.46. The molecule has 0 atom stereocenters. The molecule has 0 spiro atoms. The van der Waals surface area contributed by atoms with Crippen molar-refractivity contribution < 1.29 is 22.3 Å². The minimum Gasteiger partial charge on any atom is -0.453 e. The van der Waals surface area contributed by atoms with Gasteiger partial charge in [-0.2, -0.15) is 0 Å². The summed E-state index contributed by atoms with van der Waals surface area (Å²) in [4.78, 5) is 18.2. The van der Waals surface area contributed by atoms with E-state index in [1.54, 1.807) is 19.1 Å². The Kier molecular flexibility index (Phi) is 4.46. The van der Waals surface area contributed by atoms with E-state index in [1.165, 1.54) is 54.5 Å². The van der Waals surface area contributed by atoms with Crippen molar-refractivity contribution in [1.82, 2.24) is 4.98 Å². The normalized spacial score (nSPS) is 13.2. The second-order valence-electron chi connectivity index (χ2n) is 6.51. The molecule has 148 valence electrons. The summed E-state index contributed by atoms with van der Waals surface area (Å²) in [5.41, 5.74) is 0.769. The molecule has 1 aromatic heterocycles. The molecule has 9 heteroatoms. The molecule has 1 amide bonds. The molecule has 1 N–H and O–H groups in total. The summed E-state index contributed by atoms with van der Waals surface area (Å²) in [5.74, 6) is 0.0309. The Morgan fingerprint density at radius 2 is 1.90 bits per heavy atom. The number of ether oxygens (including phenoxy) is 1.